The number of anilines is 1. The van der Waals surface area contributed by atoms with Crippen LogP contribution in [0, 0.1) is 16.0 Å². The Morgan fingerprint density at radius 3 is 2.90 bits per heavy atom. The van der Waals surface area contributed by atoms with E-state index in [2.05, 4.69) is 10.3 Å². The van der Waals surface area contributed by atoms with Gasteiger partial charge < -0.3 is 5.43 Å². The maximum absolute atomic E-state index is 10.9. The second-order valence-electron chi connectivity index (χ2n) is 6.12. The van der Waals surface area contributed by atoms with Crippen LogP contribution in [0.2, 0.25) is 0 Å². The molecule has 1 saturated heterocycles. The van der Waals surface area contributed by atoms with Crippen LogP contribution < -0.4 is 11.3 Å². The zero-order chi connectivity index (χ0) is 14.8. The summed E-state index contributed by atoms with van der Waals surface area (Å²) < 4.78 is 0. The van der Waals surface area contributed by atoms with E-state index >= 15 is 0 Å². The van der Waals surface area contributed by atoms with Gasteiger partial charge in [0.05, 0.1) is 4.92 Å². The maximum Gasteiger partial charge on any atom is 0.293 e. The van der Waals surface area contributed by atoms with Crippen molar-refractivity contribution in [3.63, 3.8) is 0 Å². The molecule has 2 fully saturated rings. The van der Waals surface area contributed by atoms with Gasteiger partial charge in [-0.2, -0.15) is 0 Å². The Morgan fingerprint density at radius 2 is 2.14 bits per heavy atom. The van der Waals surface area contributed by atoms with Crippen LogP contribution in [0.3, 0.4) is 0 Å². The molecule has 0 spiro atoms. The number of hydrazine groups is 1. The molecule has 2 aliphatic rings. The van der Waals surface area contributed by atoms with Crippen molar-refractivity contribution in [3.8, 4) is 0 Å². The van der Waals surface area contributed by atoms with Gasteiger partial charge in [0, 0.05) is 18.7 Å². The number of hydrogen-bond donors (Lipinski definition) is 2. The molecule has 3 N–H and O–H groups in total. The van der Waals surface area contributed by atoms with E-state index in [1.807, 2.05) is 6.07 Å². The molecule has 2 unspecified atom stereocenters. The Bertz CT molecular complexity index is 534. The first kappa shape index (κ1) is 14.3. The fraction of sp³-hybridized carbons (Fsp3) is 0.600. The average Bonchev–Trinajstić information content (AvgIpc) is 2.96. The van der Waals surface area contributed by atoms with E-state index in [0.717, 1.165) is 24.6 Å². The molecule has 0 bridgehead atoms. The molecule has 2 atom stereocenters. The van der Waals surface area contributed by atoms with Crippen LogP contribution in [-0.2, 0) is 6.54 Å². The minimum absolute atomic E-state index is 0.0265. The van der Waals surface area contributed by atoms with Gasteiger partial charge in [-0.3, -0.25) is 20.9 Å². The number of benzene rings is 1. The van der Waals surface area contributed by atoms with Gasteiger partial charge in [0.15, 0.2) is 0 Å². The fourth-order valence-electron chi connectivity index (χ4n) is 3.94. The molecule has 1 heterocycles. The van der Waals surface area contributed by atoms with Crippen molar-refractivity contribution < 1.29 is 4.92 Å². The van der Waals surface area contributed by atoms with Crippen LogP contribution >= 0.6 is 0 Å². The van der Waals surface area contributed by atoms with Gasteiger partial charge in [-0.25, -0.2) is 0 Å². The van der Waals surface area contributed by atoms with Crippen molar-refractivity contribution in [1.82, 2.24) is 4.90 Å². The minimum atomic E-state index is -0.410. The summed E-state index contributed by atoms with van der Waals surface area (Å²) in [4.78, 5) is 13.1. The number of nitrogens with zero attached hydrogens (tertiary/aromatic N) is 2. The first-order valence-corrected chi connectivity index (χ1v) is 7.67. The van der Waals surface area contributed by atoms with E-state index in [1.165, 1.54) is 32.1 Å². The normalized spacial score (nSPS) is 25.6. The van der Waals surface area contributed by atoms with Gasteiger partial charge in [0.2, 0.25) is 0 Å². The number of nitrogen functional groups attached to an aromatic ring is 1. The Labute approximate surface area is 124 Å². The van der Waals surface area contributed by atoms with Crippen LogP contribution in [-0.4, -0.2) is 22.4 Å². The summed E-state index contributed by atoms with van der Waals surface area (Å²) in [6.45, 7) is 1.98. The largest absolute Gasteiger partial charge is 0.318 e. The zero-order valence-electron chi connectivity index (χ0n) is 12.1. The molecular weight excluding hydrogens is 268 g/mol. The van der Waals surface area contributed by atoms with Crippen LogP contribution in [0.5, 0.6) is 0 Å². The number of nitro benzene ring substituents is 1. The number of hydrogen-bond acceptors (Lipinski definition) is 5. The van der Waals surface area contributed by atoms with E-state index in [1.54, 1.807) is 12.1 Å². The topological polar surface area (TPSA) is 84.4 Å². The predicted molar refractivity (Wildman–Crippen MR) is 81.7 cm³/mol. The van der Waals surface area contributed by atoms with Crippen LogP contribution in [0.25, 0.3) is 0 Å². The zero-order valence-corrected chi connectivity index (χ0v) is 12.1. The summed E-state index contributed by atoms with van der Waals surface area (Å²) in [7, 11) is 0. The third kappa shape index (κ3) is 2.87. The van der Waals surface area contributed by atoms with E-state index in [0.29, 0.717) is 11.7 Å². The van der Waals surface area contributed by atoms with Crippen LogP contribution in [0.4, 0.5) is 11.4 Å². The molecule has 0 radical (unpaired) electrons. The lowest BCUT2D eigenvalue weighted by atomic mass is 9.91. The molecule has 6 nitrogen and oxygen atoms in total. The summed E-state index contributed by atoms with van der Waals surface area (Å²) in [6, 6.07) is 5.89. The maximum atomic E-state index is 10.9. The highest BCUT2D eigenvalue weighted by Crippen LogP contribution is 2.37. The summed E-state index contributed by atoms with van der Waals surface area (Å²) in [5.74, 6) is 6.26. The van der Waals surface area contributed by atoms with Crippen molar-refractivity contribution in [2.24, 2.45) is 11.8 Å². The summed E-state index contributed by atoms with van der Waals surface area (Å²) in [5.41, 5.74) is 3.94. The monoisotopic (exact) mass is 290 g/mol. The van der Waals surface area contributed by atoms with E-state index in [9.17, 15) is 10.1 Å². The minimum Gasteiger partial charge on any atom is -0.318 e. The SMILES string of the molecule is NNc1cc(CN2CCCC3CCCC32)ccc1[N+](=O)[O-]. The van der Waals surface area contributed by atoms with Gasteiger partial charge in [-0.1, -0.05) is 12.5 Å². The third-order valence-corrected chi connectivity index (χ3v) is 4.91. The van der Waals surface area contributed by atoms with Crippen molar-refractivity contribution in [3.05, 3.63) is 33.9 Å². The lowest BCUT2D eigenvalue weighted by Crippen LogP contribution is -2.41. The molecule has 0 amide bonds. The number of nitrogens with one attached hydrogen (secondary N) is 1. The van der Waals surface area contributed by atoms with Crippen molar-refractivity contribution >= 4 is 11.4 Å². The number of rotatable bonds is 4. The molecule has 3 rings (SSSR count). The van der Waals surface area contributed by atoms with Gasteiger partial charge in [0.1, 0.15) is 5.69 Å². The molecular formula is C15H22N4O2. The molecule has 1 saturated carbocycles. The highest BCUT2D eigenvalue weighted by molar-refractivity contribution is 5.62. The second kappa shape index (κ2) is 5.99. The number of fused-ring (bicyclic) bond motifs is 1. The number of piperidine rings is 1. The third-order valence-electron chi connectivity index (χ3n) is 4.91. The summed E-state index contributed by atoms with van der Waals surface area (Å²) >= 11 is 0. The van der Waals surface area contributed by atoms with E-state index < -0.39 is 4.92 Å². The molecule has 1 aromatic rings. The average molecular weight is 290 g/mol. The predicted octanol–water partition coefficient (Wildman–Crippen LogP) is 2.64. The quantitative estimate of drug-likeness (QED) is 0.506. The number of nitro groups is 1. The van der Waals surface area contributed by atoms with Crippen molar-refractivity contribution in [2.45, 2.75) is 44.7 Å². The van der Waals surface area contributed by atoms with E-state index in [4.69, 9.17) is 5.84 Å². The standard InChI is InChI=1S/C15H22N4O2/c16-17-13-9-11(6-7-15(13)19(20)21)10-18-8-2-4-12-3-1-5-14(12)18/h6-7,9,12,14,17H,1-5,8,10,16H2. The first-order valence-electron chi connectivity index (χ1n) is 7.67. The van der Waals surface area contributed by atoms with Gasteiger partial charge in [-0.05, 0) is 49.8 Å². The van der Waals surface area contributed by atoms with Crippen molar-refractivity contribution in [1.29, 1.82) is 0 Å². The van der Waals surface area contributed by atoms with Crippen LogP contribution in [0.15, 0.2) is 18.2 Å². The Kier molecular flexibility index (Phi) is 4.07. The Balaban J connectivity index is 1.76. The molecule has 21 heavy (non-hydrogen) atoms. The van der Waals surface area contributed by atoms with E-state index in [-0.39, 0.29) is 5.69 Å². The fourth-order valence-corrected chi connectivity index (χ4v) is 3.94. The lowest BCUT2D eigenvalue weighted by molar-refractivity contribution is -0.384. The highest BCUT2D eigenvalue weighted by atomic mass is 16.6. The first-order chi connectivity index (χ1) is 10.2. The molecule has 1 aliphatic heterocycles. The molecule has 1 aromatic carbocycles. The Morgan fingerprint density at radius 1 is 1.33 bits per heavy atom. The molecule has 114 valence electrons. The molecule has 6 heteroatoms. The van der Waals surface area contributed by atoms with Crippen molar-refractivity contribution in [2.75, 3.05) is 12.0 Å². The molecule has 0 aromatic heterocycles. The number of likely N-dealkylation sites (tertiary alicyclic amines) is 1. The van der Waals surface area contributed by atoms with Gasteiger partial charge in [0.25, 0.3) is 5.69 Å². The number of nitrogens with two attached hydrogens (primary N) is 1. The Hall–Kier alpha value is -1.66. The highest BCUT2D eigenvalue weighted by Gasteiger charge is 2.34. The van der Waals surface area contributed by atoms with Gasteiger partial charge in [-0.15, -0.1) is 0 Å². The van der Waals surface area contributed by atoms with Gasteiger partial charge >= 0.3 is 0 Å². The summed E-state index contributed by atoms with van der Waals surface area (Å²) in [5, 5.41) is 10.9. The summed E-state index contributed by atoms with van der Waals surface area (Å²) in [6.07, 6.45) is 6.60. The second-order valence-corrected chi connectivity index (χ2v) is 6.12. The smallest absolute Gasteiger partial charge is 0.293 e. The van der Waals surface area contributed by atoms with Crippen LogP contribution in [0.1, 0.15) is 37.7 Å². The molecule has 1 aliphatic carbocycles. The lowest BCUT2D eigenvalue weighted by Gasteiger charge is -2.37.